The summed E-state index contributed by atoms with van der Waals surface area (Å²) in [5.74, 6) is 1.25. The fourth-order valence-corrected chi connectivity index (χ4v) is 1.29. The highest BCUT2D eigenvalue weighted by Crippen LogP contribution is 2.11. The molecule has 1 aromatic rings. The Morgan fingerprint density at radius 3 is 2.89 bits per heavy atom. The summed E-state index contributed by atoms with van der Waals surface area (Å²) in [5, 5.41) is 0. The van der Waals surface area contributed by atoms with E-state index in [1.165, 1.54) is 0 Å². The van der Waals surface area contributed by atoms with Gasteiger partial charge in [0.15, 0.2) is 0 Å². The van der Waals surface area contributed by atoms with Gasteiger partial charge in [0, 0.05) is 32.4 Å². The van der Waals surface area contributed by atoms with Gasteiger partial charge in [0.2, 0.25) is 11.8 Å². The van der Waals surface area contributed by atoms with Crippen LogP contribution in [0.4, 0.5) is 5.95 Å². The Bertz CT molecular complexity index is 336. The summed E-state index contributed by atoms with van der Waals surface area (Å²) in [6, 6.07) is 1.76. The van der Waals surface area contributed by atoms with E-state index in [-0.39, 0.29) is 0 Å². The van der Waals surface area contributed by atoms with Gasteiger partial charge in [0.1, 0.15) is 0 Å². The number of ether oxygens (including phenoxy) is 2. The van der Waals surface area contributed by atoms with Gasteiger partial charge in [0.25, 0.3) is 0 Å². The molecular weight excluding hydrogens is 232 g/mol. The summed E-state index contributed by atoms with van der Waals surface area (Å²) in [5.41, 5.74) is 5.34. The van der Waals surface area contributed by atoms with Crippen LogP contribution in [-0.2, 0) is 4.74 Å². The minimum atomic E-state index is 0.542. The van der Waals surface area contributed by atoms with Crippen LogP contribution in [-0.4, -0.2) is 49.9 Å². The number of aromatic nitrogens is 2. The standard InChI is InChI=1S/C12H22N4O2/c1-3-8-18-11-4-6-14-12(15-11)16(2)7-10-17-9-5-13/h4,6H,3,5,7-10,13H2,1-2H3. The lowest BCUT2D eigenvalue weighted by molar-refractivity contribution is 0.148. The number of rotatable bonds is 9. The number of hydrogen-bond donors (Lipinski definition) is 1. The van der Waals surface area contributed by atoms with Crippen molar-refractivity contribution in [2.75, 3.05) is 44.9 Å². The average Bonchev–Trinajstić information content (AvgIpc) is 2.41. The van der Waals surface area contributed by atoms with Crippen molar-refractivity contribution in [2.45, 2.75) is 13.3 Å². The summed E-state index contributed by atoms with van der Waals surface area (Å²) in [6.07, 6.45) is 2.66. The third kappa shape index (κ3) is 5.29. The molecule has 1 rings (SSSR count). The quantitative estimate of drug-likeness (QED) is 0.653. The van der Waals surface area contributed by atoms with Crippen LogP contribution in [0.2, 0.25) is 0 Å². The summed E-state index contributed by atoms with van der Waals surface area (Å²) in [7, 11) is 1.92. The maximum Gasteiger partial charge on any atom is 0.228 e. The molecular formula is C12H22N4O2. The SMILES string of the molecule is CCCOc1ccnc(N(C)CCOCCN)n1. The number of likely N-dealkylation sites (N-methyl/N-ethyl adjacent to an activating group) is 1. The molecule has 1 aromatic heterocycles. The van der Waals surface area contributed by atoms with E-state index in [2.05, 4.69) is 16.9 Å². The van der Waals surface area contributed by atoms with Gasteiger partial charge in [-0.15, -0.1) is 0 Å². The van der Waals surface area contributed by atoms with E-state index in [0.29, 0.717) is 38.2 Å². The van der Waals surface area contributed by atoms with E-state index in [4.69, 9.17) is 15.2 Å². The summed E-state index contributed by atoms with van der Waals surface area (Å²) in [4.78, 5) is 10.4. The Balaban J connectivity index is 2.43. The molecule has 18 heavy (non-hydrogen) atoms. The van der Waals surface area contributed by atoms with Crippen LogP contribution in [0.25, 0.3) is 0 Å². The molecule has 6 nitrogen and oxygen atoms in total. The van der Waals surface area contributed by atoms with Gasteiger partial charge in [-0.25, -0.2) is 4.98 Å². The minimum Gasteiger partial charge on any atom is -0.478 e. The second-order valence-electron chi connectivity index (χ2n) is 3.87. The maximum absolute atomic E-state index is 5.46. The summed E-state index contributed by atoms with van der Waals surface area (Å²) >= 11 is 0. The highest BCUT2D eigenvalue weighted by Gasteiger charge is 2.05. The molecule has 1 heterocycles. The fraction of sp³-hybridized carbons (Fsp3) is 0.667. The smallest absolute Gasteiger partial charge is 0.228 e. The first kappa shape index (κ1) is 14.7. The molecule has 0 saturated heterocycles. The lowest BCUT2D eigenvalue weighted by Crippen LogP contribution is -2.25. The third-order valence-corrected chi connectivity index (χ3v) is 2.25. The number of nitrogens with zero attached hydrogens (tertiary/aromatic N) is 3. The highest BCUT2D eigenvalue weighted by molar-refractivity contribution is 5.30. The number of nitrogens with two attached hydrogens (primary N) is 1. The number of hydrogen-bond acceptors (Lipinski definition) is 6. The van der Waals surface area contributed by atoms with Crippen molar-refractivity contribution in [1.82, 2.24) is 9.97 Å². The molecule has 0 aliphatic rings. The zero-order chi connectivity index (χ0) is 13.2. The minimum absolute atomic E-state index is 0.542. The van der Waals surface area contributed by atoms with Crippen molar-refractivity contribution in [1.29, 1.82) is 0 Å². The lowest BCUT2D eigenvalue weighted by Gasteiger charge is -2.17. The molecule has 0 unspecified atom stereocenters. The average molecular weight is 254 g/mol. The van der Waals surface area contributed by atoms with Gasteiger partial charge in [-0.05, 0) is 6.42 Å². The fourth-order valence-electron chi connectivity index (χ4n) is 1.29. The first-order valence-electron chi connectivity index (χ1n) is 6.22. The topological polar surface area (TPSA) is 73.5 Å². The molecule has 0 aromatic carbocycles. The van der Waals surface area contributed by atoms with Gasteiger partial charge in [-0.3, -0.25) is 0 Å². The Morgan fingerprint density at radius 2 is 2.17 bits per heavy atom. The predicted octanol–water partition coefficient (Wildman–Crippen LogP) is 0.677. The van der Waals surface area contributed by atoms with Crippen LogP contribution in [0, 0.1) is 0 Å². The van der Waals surface area contributed by atoms with Crippen molar-refractivity contribution >= 4 is 5.95 Å². The van der Waals surface area contributed by atoms with Gasteiger partial charge in [-0.2, -0.15) is 4.98 Å². The Hall–Kier alpha value is -1.40. The third-order valence-electron chi connectivity index (χ3n) is 2.25. The second-order valence-corrected chi connectivity index (χ2v) is 3.87. The van der Waals surface area contributed by atoms with Crippen molar-refractivity contribution in [3.05, 3.63) is 12.3 Å². The Kier molecular flexibility index (Phi) is 7.05. The van der Waals surface area contributed by atoms with Crippen LogP contribution in [0.15, 0.2) is 12.3 Å². The normalized spacial score (nSPS) is 10.4. The Labute approximate surface area is 108 Å². The number of anilines is 1. The van der Waals surface area contributed by atoms with Gasteiger partial charge in [0.05, 0.1) is 19.8 Å². The van der Waals surface area contributed by atoms with Crippen molar-refractivity contribution in [2.24, 2.45) is 5.73 Å². The van der Waals surface area contributed by atoms with E-state index in [1.807, 2.05) is 11.9 Å². The van der Waals surface area contributed by atoms with Crippen molar-refractivity contribution < 1.29 is 9.47 Å². The van der Waals surface area contributed by atoms with Gasteiger partial charge >= 0.3 is 0 Å². The van der Waals surface area contributed by atoms with Crippen LogP contribution < -0.4 is 15.4 Å². The van der Waals surface area contributed by atoms with Crippen molar-refractivity contribution in [3.63, 3.8) is 0 Å². The molecule has 0 aliphatic carbocycles. The highest BCUT2D eigenvalue weighted by atomic mass is 16.5. The lowest BCUT2D eigenvalue weighted by atomic mass is 10.5. The predicted molar refractivity (Wildman–Crippen MR) is 71.0 cm³/mol. The van der Waals surface area contributed by atoms with E-state index in [0.717, 1.165) is 13.0 Å². The molecule has 0 spiro atoms. The van der Waals surface area contributed by atoms with Crippen LogP contribution in [0.5, 0.6) is 5.88 Å². The molecule has 0 fully saturated rings. The molecule has 0 atom stereocenters. The van der Waals surface area contributed by atoms with E-state index in [1.54, 1.807) is 12.3 Å². The second kappa shape index (κ2) is 8.66. The summed E-state index contributed by atoms with van der Waals surface area (Å²) in [6.45, 7) is 5.17. The molecule has 0 bridgehead atoms. The Morgan fingerprint density at radius 1 is 1.33 bits per heavy atom. The van der Waals surface area contributed by atoms with Gasteiger partial charge < -0.3 is 20.1 Å². The largest absolute Gasteiger partial charge is 0.478 e. The monoisotopic (exact) mass is 254 g/mol. The zero-order valence-corrected chi connectivity index (χ0v) is 11.1. The van der Waals surface area contributed by atoms with Crippen LogP contribution in [0.3, 0.4) is 0 Å². The molecule has 0 amide bonds. The van der Waals surface area contributed by atoms with Crippen molar-refractivity contribution in [3.8, 4) is 5.88 Å². The molecule has 0 radical (unpaired) electrons. The van der Waals surface area contributed by atoms with Gasteiger partial charge in [-0.1, -0.05) is 6.92 Å². The maximum atomic E-state index is 5.46. The van der Waals surface area contributed by atoms with Crippen LogP contribution in [0.1, 0.15) is 13.3 Å². The van der Waals surface area contributed by atoms with E-state index in [9.17, 15) is 0 Å². The van der Waals surface area contributed by atoms with E-state index >= 15 is 0 Å². The molecule has 102 valence electrons. The summed E-state index contributed by atoms with van der Waals surface area (Å²) < 4.78 is 10.8. The first-order chi connectivity index (χ1) is 8.77. The molecule has 2 N–H and O–H groups in total. The molecule has 6 heteroatoms. The first-order valence-corrected chi connectivity index (χ1v) is 6.22. The molecule has 0 saturated carbocycles. The zero-order valence-electron chi connectivity index (χ0n) is 11.1. The van der Waals surface area contributed by atoms with Crippen LogP contribution >= 0.6 is 0 Å². The molecule has 0 aliphatic heterocycles. The van der Waals surface area contributed by atoms with E-state index < -0.39 is 0 Å².